The average Bonchev–Trinajstić information content (AvgIpc) is 2.53. The molecule has 0 aliphatic rings. The number of aliphatic hydroxyl groups is 1. The minimum absolute atomic E-state index is 0.126. The van der Waals surface area contributed by atoms with Gasteiger partial charge < -0.3 is 14.6 Å². The SMILES string of the molecule is COc1ccc(C(O)c2cccc(C(F)F)c2)c(OC)c1. The molecule has 0 radical (unpaired) electrons. The lowest BCUT2D eigenvalue weighted by Crippen LogP contribution is -2.03. The van der Waals surface area contributed by atoms with Crippen LogP contribution >= 0.6 is 0 Å². The van der Waals surface area contributed by atoms with Gasteiger partial charge in [0.1, 0.15) is 17.6 Å². The van der Waals surface area contributed by atoms with Crippen LogP contribution in [0.15, 0.2) is 42.5 Å². The quantitative estimate of drug-likeness (QED) is 0.913. The topological polar surface area (TPSA) is 38.7 Å². The van der Waals surface area contributed by atoms with Crippen molar-refractivity contribution < 1.29 is 23.4 Å². The molecule has 21 heavy (non-hydrogen) atoms. The predicted molar refractivity (Wildman–Crippen MR) is 75.0 cm³/mol. The Labute approximate surface area is 121 Å². The highest BCUT2D eigenvalue weighted by Crippen LogP contribution is 2.34. The Hall–Kier alpha value is -2.14. The van der Waals surface area contributed by atoms with Gasteiger partial charge in [-0.3, -0.25) is 0 Å². The van der Waals surface area contributed by atoms with E-state index in [4.69, 9.17) is 9.47 Å². The molecular formula is C16H16F2O3. The van der Waals surface area contributed by atoms with E-state index >= 15 is 0 Å². The third kappa shape index (κ3) is 3.31. The lowest BCUT2D eigenvalue weighted by atomic mass is 9.99. The number of hydrogen-bond acceptors (Lipinski definition) is 3. The van der Waals surface area contributed by atoms with Crippen molar-refractivity contribution in [3.63, 3.8) is 0 Å². The number of hydrogen-bond donors (Lipinski definition) is 1. The maximum atomic E-state index is 12.7. The van der Waals surface area contributed by atoms with E-state index in [2.05, 4.69) is 0 Å². The van der Waals surface area contributed by atoms with Gasteiger partial charge in [0.2, 0.25) is 0 Å². The van der Waals surface area contributed by atoms with Crippen molar-refractivity contribution in [3.05, 3.63) is 59.2 Å². The Morgan fingerprint density at radius 3 is 2.29 bits per heavy atom. The molecule has 0 spiro atoms. The molecule has 0 aliphatic heterocycles. The van der Waals surface area contributed by atoms with E-state index < -0.39 is 12.5 Å². The van der Waals surface area contributed by atoms with Crippen molar-refractivity contribution >= 4 is 0 Å². The van der Waals surface area contributed by atoms with Crippen molar-refractivity contribution in [2.75, 3.05) is 14.2 Å². The van der Waals surface area contributed by atoms with Crippen LogP contribution in [-0.2, 0) is 0 Å². The molecule has 3 nitrogen and oxygen atoms in total. The molecule has 0 bridgehead atoms. The Balaban J connectivity index is 2.39. The van der Waals surface area contributed by atoms with Gasteiger partial charge in [-0.15, -0.1) is 0 Å². The molecule has 1 atom stereocenters. The first-order valence-corrected chi connectivity index (χ1v) is 6.34. The third-order valence-electron chi connectivity index (χ3n) is 3.21. The van der Waals surface area contributed by atoms with Crippen LogP contribution < -0.4 is 9.47 Å². The van der Waals surface area contributed by atoms with Gasteiger partial charge in [-0.1, -0.05) is 18.2 Å². The number of rotatable bonds is 5. The molecule has 0 heterocycles. The van der Waals surface area contributed by atoms with Gasteiger partial charge in [0.15, 0.2) is 0 Å². The van der Waals surface area contributed by atoms with Gasteiger partial charge in [0.25, 0.3) is 6.43 Å². The second kappa shape index (κ2) is 6.54. The Bertz CT molecular complexity index is 614. The number of aliphatic hydroxyl groups excluding tert-OH is 1. The zero-order valence-electron chi connectivity index (χ0n) is 11.7. The Kier molecular flexibility index (Phi) is 4.75. The summed E-state index contributed by atoms with van der Waals surface area (Å²) >= 11 is 0. The van der Waals surface area contributed by atoms with Gasteiger partial charge in [-0.05, 0) is 23.8 Å². The molecule has 0 saturated heterocycles. The Morgan fingerprint density at radius 2 is 1.67 bits per heavy atom. The van der Waals surface area contributed by atoms with E-state index in [0.717, 1.165) is 0 Å². The van der Waals surface area contributed by atoms with Crippen LogP contribution in [0.3, 0.4) is 0 Å². The normalized spacial score (nSPS) is 12.3. The number of ether oxygens (including phenoxy) is 2. The van der Waals surface area contributed by atoms with E-state index in [1.807, 2.05) is 0 Å². The van der Waals surface area contributed by atoms with Crippen LogP contribution in [0.5, 0.6) is 11.5 Å². The van der Waals surface area contributed by atoms with Gasteiger partial charge in [-0.25, -0.2) is 8.78 Å². The lowest BCUT2D eigenvalue weighted by Gasteiger charge is -2.16. The fourth-order valence-electron chi connectivity index (χ4n) is 2.09. The molecule has 0 aromatic heterocycles. The van der Waals surface area contributed by atoms with Crippen LogP contribution in [-0.4, -0.2) is 19.3 Å². The molecular weight excluding hydrogens is 278 g/mol. The summed E-state index contributed by atoms with van der Waals surface area (Å²) in [5.41, 5.74) is 0.750. The predicted octanol–water partition coefficient (Wildman–Crippen LogP) is 3.72. The zero-order chi connectivity index (χ0) is 15.4. The van der Waals surface area contributed by atoms with Gasteiger partial charge in [0, 0.05) is 17.2 Å². The molecule has 1 unspecified atom stereocenters. The highest BCUT2D eigenvalue weighted by molar-refractivity contribution is 5.45. The van der Waals surface area contributed by atoms with Gasteiger partial charge in [-0.2, -0.15) is 0 Å². The van der Waals surface area contributed by atoms with Gasteiger partial charge >= 0.3 is 0 Å². The molecule has 2 aromatic rings. The van der Waals surface area contributed by atoms with E-state index in [0.29, 0.717) is 22.6 Å². The maximum absolute atomic E-state index is 12.7. The van der Waals surface area contributed by atoms with Gasteiger partial charge in [0.05, 0.1) is 14.2 Å². The van der Waals surface area contributed by atoms with Crippen molar-refractivity contribution in [3.8, 4) is 11.5 Å². The summed E-state index contributed by atoms with van der Waals surface area (Å²) in [4.78, 5) is 0. The molecule has 2 rings (SSSR count). The first kappa shape index (κ1) is 15.3. The van der Waals surface area contributed by atoms with E-state index in [1.165, 1.54) is 32.4 Å². The first-order valence-electron chi connectivity index (χ1n) is 6.34. The summed E-state index contributed by atoms with van der Waals surface area (Å²) in [6.45, 7) is 0. The fraction of sp³-hybridized carbons (Fsp3) is 0.250. The standard InChI is InChI=1S/C16H16F2O3/c1-20-12-6-7-13(14(9-12)21-2)15(19)10-4-3-5-11(8-10)16(17)18/h3-9,15-16,19H,1-2H3. The number of halogens is 2. The summed E-state index contributed by atoms with van der Waals surface area (Å²) in [7, 11) is 3.00. The third-order valence-corrected chi connectivity index (χ3v) is 3.21. The van der Waals surface area contributed by atoms with E-state index in [1.54, 1.807) is 24.3 Å². The highest BCUT2D eigenvalue weighted by atomic mass is 19.3. The fourth-order valence-corrected chi connectivity index (χ4v) is 2.09. The molecule has 0 amide bonds. The highest BCUT2D eigenvalue weighted by Gasteiger charge is 2.18. The summed E-state index contributed by atoms with van der Waals surface area (Å²) < 4.78 is 35.8. The summed E-state index contributed by atoms with van der Waals surface area (Å²) in [5.74, 6) is 1.02. The molecule has 1 N–H and O–H groups in total. The van der Waals surface area contributed by atoms with E-state index in [9.17, 15) is 13.9 Å². The molecule has 2 aromatic carbocycles. The molecule has 5 heteroatoms. The zero-order valence-corrected chi connectivity index (χ0v) is 11.7. The summed E-state index contributed by atoms with van der Waals surface area (Å²) in [5, 5.41) is 10.4. The first-order chi connectivity index (χ1) is 10.1. The van der Waals surface area contributed by atoms with Crippen LogP contribution in [0.1, 0.15) is 29.2 Å². The van der Waals surface area contributed by atoms with Crippen LogP contribution in [0.25, 0.3) is 0 Å². The Morgan fingerprint density at radius 1 is 0.952 bits per heavy atom. The van der Waals surface area contributed by atoms with E-state index in [-0.39, 0.29) is 5.56 Å². The van der Waals surface area contributed by atoms with Crippen LogP contribution in [0, 0.1) is 0 Å². The number of alkyl halides is 2. The lowest BCUT2D eigenvalue weighted by molar-refractivity contribution is 0.150. The minimum Gasteiger partial charge on any atom is -0.497 e. The van der Waals surface area contributed by atoms with Crippen molar-refractivity contribution in [1.29, 1.82) is 0 Å². The summed E-state index contributed by atoms with van der Waals surface area (Å²) in [6, 6.07) is 10.7. The smallest absolute Gasteiger partial charge is 0.263 e. The average molecular weight is 294 g/mol. The number of benzene rings is 2. The largest absolute Gasteiger partial charge is 0.497 e. The van der Waals surface area contributed by atoms with Crippen LogP contribution in [0.2, 0.25) is 0 Å². The maximum Gasteiger partial charge on any atom is 0.263 e. The van der Waals surface area contributed by atoms with Crippen molar-refractivity contribution in [1.82, 2.24) is 0 Å². The summed E-state index contributed by atoms with van der Waals surface area (Å²) in [6.07, 6.45) is -3.63. The second-order valence-electron chi connectivity index (χ2n) is 4.48. The number of methoxy groups -OCH3 is 2. The molecule has 0 fully saturated rings. The molecule has 112 valence electrons. The van der Waals surface area contributed by atoms with Crippen molar-refractivity contribution in [2.45, 2.75) is 12.5 Å². The van der Waals surface area contributed by atoms with Crippen LogP contribution in [0.4, 0.5) is 8.78 Å². The van der Waals surface area contributed by atoms with Crippen molar-refractivity contribution in [2.24, 2.45) is 0 Å². The second-order valence-corrected chi connectivity index (χ2v) is 4.48. The molecule has 0 aliphatic carbocycles. The molecule has 0 saturated carbocycles. The minimum atomic E-state index is -2.57. The monoisotopic (exact) mass is 294 g/mol.